The lowest BCUT2D eigenvalue weighted by molar-refractivity contribution is -0.127. The molecule has 2 aliphatic rings. The molecule has 1 aromatic rings. The molecule has 0 unspecified atom stereocenters. The molecule has 2 amide bonds. The Hall–Kier alpha value is -2.04. The first-order chi connectivity index (χ1) is 11.6. The molecule has 0 bridgehead atoms. The smallest absolute Gasteiger partial charge is 0.227 e. The van der Waals surface area contributed by atoms with Gasteiger partial charge < -0.3 is 15.0 Å². The Morgan fingerprint density at radius 3 is 2.46 bits per heavy atom. The van der Waals surface area contributed by atoms with E-state index in [-0.39, 0.29) is 23.8 Å². The zero-order chi connectivity index (χ0) is 17.1. The minimum atomic E-state index is -0.251. The summed E-state index contributed by atoms with van der Waals surface area (Å²) < 4.78 is 5.14. The quantitative estimate of drug-likeness (QED) is 0.923. The van der Waals surface area contributed by atoms with Crippen molar-refractivity contribution in [3.05, 3.63) is 24.3 Å². The summed E-state index contributed by atoms with van der Waals surface area (Å²) in [4.78, 5) is 26.5. The maximum atomic E-state index is 12.5. The second-order valence-corrected chi connectivity index (χ2v) is 7.07. The van der Waals surface area contributed by atoms with Gasteiger partial charge in [-0.3, -0.25) is 9.59 Å². The molecule has 5 heteroatoms. The molecule has 2 fully saturated rings. The van der Waals surface area contributed by atoms with Crippen molar-refractivity contribution in [3.8, 4) is 5.75 Å². The topological polar surface area (TPSA) is 58.6 Å². The summed E-state index contributed by atoms with van der Waals surface area (Å²) in [6, 6.07) is 7.66. The third-order valence-corrected chi connectivity index (χ3v) is 5.24. The van der Waals surface area contributed by atoms with Crippen molar-refractivity contribution >= 4 is 17.5 Å². The van der Waals surface area contributed by atoms with Gasteiger partial charge in [0.15, 0.2) is 0 Å². The Morgan fingerprint density at radius 2 is 1.83 bits per heavy atom. The molecule has 1 saturated heterocycles. The highest BCUT2D eigenvalue weighted by molar-refractivity contribution is 6.00. The van der Waals surface area contributed by atoms with Crippen molar-refractivity contribution in [1.29, 1.82) is 0 Å². The first kappa shape index (κ1) is 16.8. The fraction of sp³-hybridized carbons (Fsp3) is 0.579. The summed E-state index contributed by atoms with van der Waals surface area (Å²) in [5.41, 5.74) is 0.822. The number of anilines is 1. The summed E-state index contributed by atoms with van der Waals surface area (Å²) in [7, 11) is 1.61. The molecule has 5 nitrogen and oxygen atoms in total. The van der Waals surface area contributed by atoms with Gasteiger partial charge in [0, 0.05) is 24.7 Å². The third kappa shape index (κ3) is 3.71. The summed E-state index contributed by atoms with van der Waals surface area (Å²) >= 11 is 0. The van der Waals surface area contributed by atoms with Crippen LogP contribution in [0.4, 0.5) is 5.69 Å². The number of nitrogens with one attached hydrogen (secondary N) is 1. The fourth-order valence-corrected chi connectivity index (χ4v) is 3.62. The van der Waals surface area contributed by atoms with Crippen LogP contribution in [0.5, 0.6) is 5.75 Å². The van der Waals surface area contributed by atoms with Crippen molar-refractivity contribution in [2.75, 3.05) is 18.6 Å². The van der Waals surface area contributed by atoms with E-state index in [4.69, 9.17) is 4.74 Å². The Kier molecular flexibility index (Phi) is 5.07. The number of methoxy groups -OCH3 is 1. The number of hydrogen-bond donors (Lipinski definition) is 1. The molecular weight excluding hydrogens is 304 g/mol. The van der Waals surface area contributed by atoms with Crippen LogP contribution in [-0.4, -0.2) is 31.5 Å². The van der Waals surface area contributed by atoms with Crippen molar-refractivity contribution < 1.29 is 14.3 Å². The van der Waals surface area contributed by atoms with Crippen LogP contribution in [0, 0.1) is 11.8 Å². The molecule has 130 valence electrons. The zero-order valence-electron chi connectivity index (χ0n) is 14.5. The van der Waals surface area contributed by atoms with Crippen LogP contribution in [0.3, 0.4) is 0 Å². The number of carbonyl (C=O) groups is 2. The molecule has 0 spiro atoms. The summed E-state index contributed by atoms with van der Waals surface area (Å²) in [6.45, 7) is 2.72. The molecule has 1 aliphatic heterocycles. The third-order valence-electron chi connectivity index (χ3n) is 5.24. The van der Waals surface area contributed by atoms with Crippen LogP contribution < -0.4 is 15.0 Å². The number of benzene rings is 1. The van der Waals surface area contributed by atoms with Gasteiger partial charge in [-0.1, -0.05) is 6.92 Å². The highest BCUT2D eigenvalue weighted by Crippen LogP contribution is 2.28. The second-order valence-electron chi connectivity index (χ2n) is 7.07. The van der Waals surface area contributed by atoms with Gasteiger partial charge in [-0.2, -0.15) is 0 Å². The van der Waals surface area contributed by atoms with E-state index in [0.29, 0.717) is 13.0 Å². The molecule has 1 heterocycles. The lowest BCUT2D eigenvalue weighted by Crippen LogP contribution is -2.41. The summed E-state index contributed by atoms with van der Waals surface area (Å²) in [5.74, 6) is 1.30. The molecular formula is C19H26N2O3. The molecule has 1 aliphatic carbocycles. The molecule has 24 heavy (non-hydrogen) atoms. The van der Waals surface area contributed by atoms with Gasteiger partial charge in [0.2, 0.25) is 11.8 Å². The SMILES string of the molecule is COc1ccc(N2C[C@H](C(=O)NC3CCC(C)CC3)CC2=O)cc1. The minimum absolute atomic E-state index is 0.0117. The number of hydrogen-bond acceptors (Lipinski definition) is 3. The van der Waals surface area contributed by atoms with Crippen molar-refractivity contribution in [3.63, 3.8) is 0 Å². The number of amides is 2. The fourth-order valence-electron chi connectivity index (χ4n) is 3.62. The van der Waals surface area contributed by atoms with Crippen LogP contribution >= 0.6 is 0 Å². The predicted molar refractivity (Wildman–Crippen MR) is 93.0 cm³/mol. The average Bonchev–Trinajstić information content (AvgIpc) is 2.99. The van der Waals surface area contributed by atoms with E-state index in [0.717, 1.165) is 30.2 Å². The lowest BCUT2D eigenvalue weighted by atomic mass is 9.87. The largest absolute Gasteiger partial charge is 0.497 e. The highest BCUT2D eigenvalue weighted by Gasteiger charge is 2.36. The number of ether oxygens (including phenoxy) is 1. The first-order valence-corrected chi connectivity index (χ1v) is 8.81. The number of nitrogens with zero attached hydrogens (tertiary/aromatic N) is 1. The Morgan fingerprint density at radius 1 is 1.17 bits per heavy atom. The lowest BCUT2D eigenvalue weighted by Gasteiger charge is -2.27. The molecule has 1 N–H and O–H groups in total. The maximum absolute atomic E-state index is 12.5. The summed E-state index contributed by atoms with van der Waals surface area (Å²) in [6.07, 6.45) is 4.74. The molecule has 3 rings (SSSR count). The van der Waals surface area contributed by atoms with Gasteiger partial charge in [-0.15, -0.1) is 0 Å². The van der Waals surface area contributed by atoms with E-state index < -0.39 is 0 Å². The Balaban J connectivity index is 1.58. The van der Waals surface area contributed by atoms with Gasteiger partial charge in [-0.05, 0) is 55.9 Å². The average molecular weight is 330 g/mol. The van der Waals surface area contributed by atoms with E-state index in [9.17, 15) is 9.59 Å². The van der Waals surface area contributed by atoms with Crippen LogP contribution in [0.15, 0.2) is 24.3 Å². The summed E-state index contributed by atoms with van der Waals surface area (Å²) in [5, 5.41) is 3.15. The van der Waals surface area contributed by atoms with E-state index in [1.165, 1.54) is 12.8 Å². The minimum Gasteiger partial charge on any atom is -0.497 e. The van der Waals surface area contributed by atoms with Crippen LogP contribution in [-0.2, 0) is 9.59 Å². The van der Waals surface area contributed by atoms with Gasteiger partial charge >= 0.3 is 0 Å². The standard InChI is InChI=1S/C19H26N2O3/c1-13-3-5-15(6-4-13)20-19(23)14-11-18(22)21(12-14)16-7-9-17(24-2)10-8-16/h7-10,13-15H,3-6,11-12H2,1-2H3,(H,20,23)/t13?,14-,15?/m1/s1. The first-order valence-electron chi connectivity index (χ1n) is 8.81. The van der Waals surface area contributed by atoms with Crippen LogP contribution in [0.1, 0.15) is 39.0 Å². The van der Waals surface area contributed by atoms with E-state index in [2.05, 4.69) is 12.2 Å². The molecule has 1 atom stereocenters. The molecule has 1 aromatic carbocycles. The highest BCUT2D eigenvalue weighted by atomic mass is 16.5. The van der Waals surface area contributed by atoms with Gasteiger partial charge in [0.25, 0.3) is 0 Å². The van der Waals surface area contributed by atoms with E-state index in [1.807, 2.05) is 24.3 Å². The van der Waals surface area contributed by atoms with Crippen LogP contribution in [0.2, 0.25) is 0 Å². The van der Waals surface area contributed by atoms with E-state index in [1.54, 1.807) is 12.0 Å². The molecule has 0 radical (unpaired) electrons. The Labute approximate surface area is 143 Å². The Bertz CT molecular complexity index is 591. The van der Waals surface area contributed by atoms with Crippen molar-refractivity contribution in [2.24, 2.45) is 11.8 Å². The molecule has 1 saturated carbocycles. The monoisotopic (exact) mass is 330 g/mol. The van der Waals surface area contributed by atoms with Gasteiger partial charge in [0.1, 0.15) is 5.75 Å². The van der Waals surface area contributed by atoms with Crippen molar-refractivity contribution in [2.45, 2.75) is 45.1 Å². The van der Waals surface area contributed by atoms with E-state index >= 15 is 0 Å². The van der Waals surface area contributed by atoms with Gasteiger partial charge in [0.05, 0.1) is 13.0 Å². The number of carbonyl (C=O) groups excluding carboxylic acids is 2. The zero-order valence-corrected chi connectivity index (χ0v) is 14.5. The molecule has 0 aromatic heterocycles. The maximum Gasteiger partial charge on any atom is 0.227 e. The second kappa shape index (κ2) is 7.24. The number of rotatable bonds is 4. The normalized spacial score (nSPS) is 27.2. The van der Waals surface area contributed by atoms with Crippen molar-refractivity contribution in [1.82, 2.24) is 5.32 Å². The van der Waals surface area contributed by atoms with Gasteiger partial charge in [-0.25, -0.2) is 0 Å². The predicted octanol–water partition coefficient (Wildman–Crippen LogP) is 2.74. The van der Waals surface area contributed by atoms with Crippen LogP contribution in [0.25, 0.3) is 0 Å².